The van der Waals surface area contributed by atoms with Gasteiger partial charge in [0.2, 0.25) is 0 Å². The third kappa shape index (κ3) is 5.82. The van der Waals surface area contributed by atoms with Crippen LogP contribution in [0.3, 0.4) is 0 Å². The van der Waals surface area contributed by atoms with Crippen LogP contribution in [0.1, 0.15) is 149 Å². The topological polar surface area (TPSA) is 6.48 Å². The number of thiophene rings is 1. The molecule has 6 aromatic carbocycles. The number of rotatable bonds is 2. The first-order valence-corrected chi connectivity index (χ1v) is 24.6. The van der Waals surface area contributed by atoms with E-state index in [0.717, 1.165) is 6.42 Å². The fraction of sp³-hybridized carbons (Fsp3) is 0.367. The number of benzene rings is 6. The molecular formula is C60H65BN2S. The number of nitrogens with zero attached hydrogens (tertiary/aromatic N) is 2. The second-order valence-corrected chi connectivity index (χ2v) is 25.7. The molecule has 4 aliphatic rings. The highest BCUT2D eigenvalue weighted by molar-refractivity contribution is 7.33. The van der Waals surface area contributed by atoms with Crippen LogP contribution in [0.25, 0.3) is 21.2 Å². The maximum Gasteiger partial charge on any atom is 0.264 e. The Kier molecular flexibility index (Phi) is 8.50. The van der Waals surface area contributed by atoms with Gasteiger partial charge in [-0.25, -0.2) is 0 Å². The lowest BCUT2D eigenvalue weighted by atomic mass is 9.35. The van der Waals surface area contributed by atoms with E-state index >= 15 is 0 Å². The predicted octanol–water partition coefficient (Wildman–Crippen LogP) is 15.1. The molecule has 0 amide bonds. The van der Waals surface area contributed by atoms with Gasteiger partial charge in [-0.2, -0.15) is 0 Å². The first-order chi connectivity index (χ1) is 29.9. The molecule has 2 nitrogen and oxygen atoms in total. The van der Waals surface area contributed by atoms with Gasteiger partial charge in [0, 0.05) is 48.7 Å². The maximum absolute atomic E-state index is 2.70. The minimum Gasteiger partial charge on any atom is -0.311 e. The van der Waals surface area contributed by atoms with E-state index in [1.807, 2.05) is 11.3 Å². The highest BCUT2D eigenvalue weighted by Crippen LogP contribution is 2.59. The van der Waals surface area contributed by atoms with Crippen molar-refractivity contribution in [3.63, 3.8) is 0 Å². The standard InChI is InChI=1S/C60H65BN2S/c1-55(2,3)35-20-25-38(26-21-35)62-47-29-24-37(57(7,8)9)30-46(47)61-51-48(32-45-50(53(51)62)59(12,13)34-58(45,10)11)63(39-27-22-36(23-28-39)56(4,5)6)52-42-31-41-40-18-16-17-19-43(40)60(14,15)44(41)33-49(42)64-54(52)61/h16-33H,34H2,1-15H3. The molecule has 3 heterocycles. The largest absolute Gasteiger partial charge is 0.311 e. The fourth-order valence-corrected chi connectivity index (χ4v) is 13.8. The van der Waals surface area contributed by atoms with Crippen molar-refractivity contribution in [1.82, 2.24) is 0 Å². The van der Waals surface area contributed by atoms with Crippen LogP contribution in [0.4, 0.5) is 34.1 Å². The van der Waals surface area contributed by atoms with Gasteiger partial charge in [-0.05, 0) is 143 Å². The van der Waals surface area contributed by atoms with Gasteiger partial charge in [-0.15, -0.1) is 11.3 Å². The molecule has 64 heavy (non-hydrogen) atoms. The monoisotopic (exact) mass is 856 g/mol. The van der Waals surface area contributed by atoms with Crippen LogP contribution in [0.2, 0.25) is 0 Å². The number of anilines is 6. The summed E-state index contributed by atoms with van der Waals surface area (Å²) in [6.07, 6.45) is 1.09. The Balaban J connectivity index is 1.30. The quantitative estimate of drug-likeness (QED) is 0.160. The van der Waals surface area contributed by atoms with E-state index in [0.29, 0.717) is 0 Å². The van der Waals surface area contributed by atoms with Gasteiger partial charge in [0.05, 0.1) is 5.69 Å². The van der Waals surface area contributed by atoms with Gasteiger partial charge in [-0.1, -0.05) is 165 Å². The Morgan fingerprint density at radius 3 is 1.67 bits per heavy atom. The minimum atomic E-state index is -0.0801. The normalized spacial score (nSPS) is 17.5. The summed E-state index contributed by atoms with van der Waals surface area (Å²) < 4.78 is 2.82. The first-order valence-electron chi connectivity index (χ1n) is 23.8. The van der Waals surface area contributed by atoms with Gasteiger partial charge in [0.25, 0.3) is 6.71 Å². The molecule has 0 spiro atoms. The molecule has 0 saturated carbocycles. The van der Waals surface area contributed by atoms with Crippen LogP contribution in [0, 0.1) is 0 Å². The van der Waals surface area contributed by atoms with Gasteiger partial charge >= 0.3 is 0 Å². The zero-order chi connectivity index (χ0) is 45.4. The second kappa shape index (κ2) is 13.1. The lowest BCUT2D eigenvalue weighted by molar-refractivity contribution is 0.403. The van der Waals surface area contributed by atoms with Crippen molar-refractivity contribution in [1.29, 1.82) is 0 Å². The lowest BCUT2D eigenvalue weighted by Crippen LogP contribution is -2.61. The second-order valence-electron chi connectivity index (χ2n) is 24.6. The van der Waals surface area contributed by atoms with Crippen molar-refractivity contribution < 1.29 is 0 Å². The van der Waals surface area contributed by atoms with Crippen LogP contribution >= 0.6 is 11.3 Å². The van der Waals surface area contributed by atoms with E-state index in [1.54, 1.807) is 0 Å². The van der Waals surface area contributed by atoms with Crippen molar-refractivity contribution in [3.8, 4) is 11.1 Å². The van der Waals surface area contributed by atoms with Gasteiger partial charge in [-0.3, -0.25) is 0 Å². The summed E-state index contributed by atoms with van der Waals surface area (Å²) in [7, 11) is 0. The molecule has 324 valence electrons. The molecule has 0 saturated heterocycles. The molecule has 0 bridgehead atoms. The van der Waals surface area contributed by atoms with E-state index in [1.165, 1.54) is 110 Å². The number of hydrogen-bond donors (Lipinski definition) is 0. The highest BCUT2D eigenvalue weighted by Gasteiger charge is 2.53. The maximum atomic E-state index is 2.70. The number of fused-ring (bicyclic) bond motifs is 11. The highest BCUT2D eigenvalue weighted by atomic mass is 32.1. The van der Waals surface area contributed by atoms with E-state index < -0.39 is 0 Å². The molecule has 4 heteroatoms. The first kappa shape index (κ1) is 41.6. The Morgan fingerprint density at radius 2 is 1.08 bits per heavy atom. The van der Waals surface area contributed by atoms with Crippen LogP contribution in [0.5, 0.6) is 0 Å². The summed E-state index contributed by atoms with van der Waals surface area (Å²) in [5, 5.41) is 1.35. The molecule has 11 rings (SSSR count). The zero-order valence-corrected chi connectivity index (χ0v) is 41.8. The third-order valence-corrected chi connectivity index (χ3v) is 16.9. The summed E-state index contributed by atoms with van der Waals surface area (Å²) in [5.74, 6) is 0. The van der Waals surface area contributed by atoms with Crippen molar-refractivity contribution >= 4 is 78.0 Å². The SMILES string of the molecule is CC(C)(C)c1ccc(N2c3ccc(C(C)(C)C)cc3B3c4sc5cc6c(cc5c4N(c4ccc(C(C)(C)C)cc4)c4cc5c(c2c43)C(C)(C)CC5(C)C)-c2ccccc2C6(C)C)cc1. The molecule has 0 fully saturated rings. The Morgan fingerprint density at radius 1 is 0.516 bits per heavy atom. The van der Waals surface area contributed by atoms with Crippen LogP contribution < -0.4 is 25.5 Å². The molecule has 0 atom stereocenters. The summed E-state index contributed by atoms with van der Waals surface area (Å²) in [4.78, 5) is 5.40. The Bertz CT molecular complexity index is 3100. The van der Waals surface area contributed by atoms with Crippen LogP contribution in [-0.4, -0.2) is 6.71 Å². The molecule has 2 aliphatic carbocycles. The Hall–Kier alpha value is -5.06. The summed E-state index contributed by atoms with van der Waals surface area (Å²) in [5.41, 5.74) is 23.3. The molecular weight excluding hydrogens is 792 g/mol. The van der Waals surface area contributed by atoms with Crippen molar-refractivity contribution in [2.45, 2.75) is 143 Å². The van der Waals surface area contributed by atoms with E-state index in [9.17, 15) is 0 Å². The molecule has 7 aromatic rings. The molecule has 0 N–H and O–H groups in total. The minimum absolute atomic E-state index is 0.0143. The van der Waals surface area contributed by atoms with Gasteiger partial charge in [0.1, 0.15) is 0 Å². The van der Waals surface area contributed by atoms with Gasteiger partial charge in [0.15, 0.2) is 0 Å². The van der Waals surface area contributed by atoms with Crippen molar-refractivity contribution in [3.05, 3.63) is 148 Å². The van der Waals surface area contributed by atoms with E-state index in [4.69, 9.17) is 0 Å². The summed E-state index contributed by atoms with van der Waals surface area (Å²) in [6, 6.07) is 43.6. The predicted molar refractivity (Wildman–Crippen MR) is 280 cm³/mol. The summed E-state index contributed by atoms with van der Waals surface area (Å²) >= 11 is 2.04. The lowest BCUT2D eigenvalue weighted by Gasteiger charge is -2.46. The fourth-order valence-electron chi connectivity index (χ4n) is 12.5. The van der Waals surface area contributed by atoms with Crippen molar-refractivity contribution in [2.75, 3.05) is 9.80 Å². The van der Waals surface area contributed by atoms with Gasteiger partial charge < -0.3 is 9.80 Å². The van der Waals surface area contributed by atoms with Crippen molar-refractivity contribution in [2.24, 2.45) is 0 Å². The zero-order valence-electron chi connectivity index (χ0n) is 41.0. The third-order valence-electron chi connectivity index (χ3n) is 15.7. The van der Waals surface area contributed by atoms with E-state index in [-0.39, 0.29) is 39.2 Å². The van der Waals surface area contributed by atoms with Crippen LogP contribution in [-0.2, 0) is 32.5 Å². The van der Waals surface area contributed by atoms with Crippen LogP contribution in [0.15, 0.2) is 109 Å². The molecule has 0 unspecified atom stereocenters. The smallest absolute Gasteiger partial charge is 0.264 e. The molecule has 0 radical (unpaired) electrons. The molecule has 1 aromatic heterocycles. The summed E-state index contributed by atoms with van der Waals surface area (Å²) in [6.45, 7) is 35.9. The average molecular weight is 857 g/mol. The van der Waals surface area contributed by atoms with E-state index in [2.05, 4.69) is 223 Å². The Labute approximate surface area is 387 Å². The number of hydrogen-bond acceptors (Lipinski definition) is 3. The average Bonchev–Trinajstić information content (AvgIpc) is 3.76. The molecule has 2 aliphatic heterocycles.